The molecule has 200 valence electrons. The molecule has 0 saturated heterocycles. The number of carbonyl (C=O) groups is 2. The molecule has 8 heteroatoms. The number of nitrogens with one attached hydrogen (secondary N) is 3. The topological polar surface area (TPSA) is 115 Å². The second kappa shape index (κ2) is 13.8. The van der Waals surface area contributed by atoms with E-state index in [0.717, 1.165) is 55.5 Å². The van der Waals surface area contributed by atoms with E-state index >= 15 is 0 Å². The lowest BCUT2D eigenvalue weighted by Gasteiger charge is -2.39. The van der Waals surface area contributed by atoms with Crippen molar-refractivity contribution in [3.05, 3.63) is 74.7 Å². The maximum absolute atomic E-state index is 13.4. The van der Waals surface area contributed by atoms with Crippen molar-refractivity contribution in [3.8, 4) is 0 Å². The number of hydrogen-bond acceptors (Lipinski definition) is 5. The van der Waals surface area contributed by atoms with Crippen LogP contribution in [0.4, 0.5) is 5.69 Å². The number of rotatable bonds is 4. The number of aryl methyl sites for hydroxylation is 2. The summed E-state index contributed by atoms with van der Waals surface area (Å²) < 4.78 is 0. The number of benzene rings is 1. The molecule has 2 aliphatic rings. The minimum atomic E-state index is -0.250. The Hall–Kier alpha value is -3.39. The minimum absolute atomic E-state index is 0.111. The Bertz CT molecular complexity index is 1150. The summed E-state index contributed by atoms with van der Waals surface area (Å²) in [7, 11) is 2.05. The Morgan fingerprint density at radius 3 is 2.54 bits per heavy atom. The van der Waals surface area contributed by atoms with E-state index in [1.54, 1.807) is 0 Å². The molecule has 0 bridgehead atoms. The van der Waals surface area contributed by atoms with E-state index in [1.807, 2.05) is 25.1 Å². The number of anilines is 1. The summed E-state index contributed by atoms with van der Waals surface area (Å²) in [4.78, 5) is 39.7. The van der Waals surface area contributed by atoms with Crippen LogP contribution in [0.5, 0.6) is 0 Å². The van der Waals surface area contributed by atoms with Gasteiger partial charge in [0.05, 0.1) is 0 Å². The average molecular weight is 509 g/mol. The van der Waals surface area contributed by atoms with E-state index < -0.39 is 0 Å². The van der Waals surface area contributed by atoms with Crippen LogP contribution in [0, 0.1) is 6.92 Å². The van der Waals surface area contributed by atoms with Crippen molar-refractivity contribution in [1.29, 1.82) is 0 Å². The molecule has 37 heavy (non-hydrogen) atoms. The Kier molecular flexibility index (Phi) is 10.5. The van der Waals surface area contributed by atoms with E-state index in [9.17, 15) is 9.59 Å². The molecule has 1 aromatic carbocycles. The molecule has 1 amide bonds. The number of aromatic amines is 1. The summed E-state index contributed by atoms with van der Waals surface area (Å²) in [5.74, 6) is -0.119. The third-order valence-corrected chi connectivity index (χ3v) is 7.45. The highest BCUT2D eigenvalue weighted by molar-refractivity contribution is 5.97. The fourth-order valence-electron chi connectivity index (χ4n) is 5.60. The second-order valence-electron chi connectivity index (χ2n) is 9.67. The molecule has 1 aliphatic heterocycles. The molecule has 4 rings (SSSR count). The predicted octanol–water partition coefficient (Wildman–Crippen LogP) is 3.72. The maximum Gasteiger partial charge on any atom is 0.290 e. The number of pyridine rings is 1. The number of carboxylic acid groups (broad SMARTS) is 1. The number of carbonyl (C=O) groups excluding carboxylic acids is 1. The Morgan fingerprint density at radius 2 is 1.86 bits per heavy atom. The van der Waals surface area contributed by atoms with Gasteiger partial charge in [0.2, 0.25) is 0 Å². The number of amides is 1. The lowest BCUT2D eigenvalue weighted by atomic mass is 9.89. The van der Waals surface area contributed by atoms with Gasteiger partial charge >= 0.3 is 0 Å². The Labute approximate surface area is 219 Å². The molecule has 0 spiro atoms. The highest BCUT2D eigenvalue weighted by Crippen LogP contribution is 2.32. The first kappa shape index (κ1) is 28.2. The van der Waals surface area contributed by atoms with Crippen molar-refractivity contribution in [2.75, 3.05) is 18.5 Å². The number of H-pyrrole nitrogens is 1. The molecular weight excluding hydrogens is 468 g/mol. The first-order valence-corrected chi connectivity index (χ1v) is 13.2. The van der Waals surface area contributed by atoms with E-state index in [2.05, 4.69) is 52.7 Å². The molecule has 1 aliphatic carbocycles. The summed E-state index contributed by atoms with van der Waals surface area (Å²) in [6, 6.07) is 9.20. The van der Waals surface area contributed by atoms with Crippen LogP contribution in [0.3, 0.4) is 0 Å². The molecule has 2 heterocycles. The molecule has 0 radical (unpaired) electrons. The molecule has 1 saturated carbocycles. The highest BCUT2D eigenvalue weighted by Gasteiger charge is 2.27. The van der Waals surface area contributed by atoms with Crippen molar-refractivity contribution < 1.29 is 14.7 Å². The summed E-state index contributed by atoms with van der Waals surface area (Å²) in [6.45, 7) is 5.01. The van der Waals surface area contributed by atoms with Gasteiger partial charge in [0.1, 0.15) is 0 Å². The van der Waals surface area contributed by atoms with Crippen LogP contribution in [-0.4, -0.2) is 48.1 Å². The van der Waals surface area contributed by atoms with Crippen LogP contribution in [0.1, 0.15) is 71.8 Å². The van der Waals surface area contributed by atoms with Gasteiger partial charge in [-0.3, -0.25) is 14.4 Å². The largest absolute Gasteiger partial charge is 0.483 e. The van der Waals surface area contributed by atoms with Crippen molar-refractivity contribution >= 4 is 18.1 Å². The average Bonchev–Trinajstić information content (AvgIpc) is 2.88. The highest BCUT2D eigenvalue weighted by atomic mass is 16.3. The van der Waals surface area contributed by atoms with Crippen LogP contribution >= 0.6 is 0 Å². The van der Waals surface area contributed by atoms with E-state index in [1.165, 1.54) is 18.5 Å². The van der Waals surface area contributed by atoms with Crippen LogP contribution in [0.25, 0.3) is 0 Å². The Balaban J connectivity index is 0.00000121. The first-order valence-electron chi connectivity index (χ1n) is 13.2. The molecule has 1 aromatic heterocycles. The van der Waals surface area contributed by atoms with Gasteiger partial charge in [0.25, 0.3) is 17.9 Å². The minimum Gasteiger partial charge on any atom is -0.483 e. The number of allylic oxidation sites excluding steroid dienone is 2. The smallest absolute Gasteiger partial charge is 0.290 e. The fourth-order valence-corrected chi connectivity index (χ4v) is 5.60. The van der Waals surface area contributed by atoms with Gasteiger partial charge in [-0.15, -0.1) is 0 Å². The SMILES string of the molecule is CCN(c1cccc2c1CC=CCCc1cc(C)[nH]c(=O)c1CNC2=O)[C@H]1CC[C@@H](NC)CC1.O=CO. The molecule has 0 unspecified atom stereocenters. The molecule has 0 atom stereocenters. The zero-order valence-electron chi connectivity index (χ0n) is 22.2. The van der Waals surface area contributed by atoms with Gasteiger partial charge in [0, 0.05) is 47.7 Å². The van der Waals surface area contributed by atoms with Crippen molar-refractivity contribution in [3.63, 3.8) is 0 Å². The fraction of sp³-hybridized carbons (Fsp3) is 0.483. The van der Waals surface area contributed by atoms with Crippen molar-refractivity contribution in [2.45, 2.75) is 77.4 Å². The molecule has 8 nitrogen and oxygen atoms in total. The molecule has 2 aromatic rings. The molecular formula is C29H40N4O4. The zero-order chi connectivity index (χ0) is 26.8. The Morgan fingerprint density at radius 1 is 1.14 bits per heavy atom. The quantitative estimate of drug-likeness (QED) is 0.370. The lowest BCUT2D eigenvalue weighted by molar-refractivity contribution is -0.122. The van der Waals surface area contributed by atoms with Crippen molar-refractivity contribution in [1.82, 2.24) is 15.6 Å². The normalized spacial score (nSPS) is 19.6. The third-order valence-electron chi connectivity index (χ3n) is 7.45. The predicted molar refractivity (Wildman–Crippen MR) is 147 cm³/mol. The van der Waals surface area contributed by atoms with E-state index in [0.29, 0.717) is 23.2 Å². The number of hydrogen-bond donors (Lipinski definition) is 4. The first-order chi connectivity index (χ1) is 17.9. The van der Waals surface area contributed by atoms with Crippen LogP contribution < -0.4 is 21.1 Å². The van der Waals surface area contributed by atoms with E-state index in [-0.39, 0.29) is 24.5 Å². The lowest BCUT2D eigenvalue weighted by Crippen LogP contribution is -2.42. The summed E-state index contributed by atoms with van der Waals surface area (Å²) in [5, 5.41) is 13.4. The summed E-state index contributed by atoms with van der Waals surface area (Å²) in [5.41, 5.74) is 5.35. The number of nitrogens with zero attached hydrogens (tertiary/aromatic N) is 1. The molecule has 1 fully saturated rings. The van der Waals surface area contributed by atoms with Crippen molar-refractivity contribution in [2.24, 2.45) is 0 Å². The van der Waals surface area contributed by atoms with Gasteiger partial charge in [-0.05, 0) is 95.2 Å². The van der Waals surface area contributed by atoms with E-state index in [4.69, 9.17) is 9.90 Å². The van der Waals surface area contributed by atoms with Crippen LogP contribution in [0.15, 0.2) is 41.2 Å². The summed E-state index contributed by atoms with van der Waals surface area (Å²) in [6.07, 6.45) is 11.4. The van der Waals surface area contributed by atoms with Crippen LogP contribution in [0.2, 0.25) is 0 Å². The maximum atomic E-state index is 13.4. The third kappa shape index (κ3) is 7.10. The summed E-state index contributed by atoms with van der Waals surface area (Å²) >= 11 is 0. The van der Waals surface area contributed by atoms with Gasteiger partial charge in [-0.1, -0.05) is 18.2 Å². The zero-order valence-corrected chi connectivity index (χ0v) is 22.2. The number of fused-ring (bicyclic) bond motifs is 2. The van der Waals surface area contributed by atoms with Gasteiger partial charge in [0.15, 0.2) is 0 Å². The monoisotopic (exact) mass is 508 g/mol. The van der Waals surface area contributed by atoms with Gasteiger partial charge < -0.3 is 25.6 Å². The van der Waals surface area contributed by atoms with Crippen LogP contribution in [-0.2, 0) is 24.2 Å². The second-order valence-corrected chi connectivity index (χ2v) is 9.67. The van der Waals surface area contributed by atoms with Gasteiger partial charge in [-0.25, -0.2) is 0 Å². The standard InChI is InChI=1S/C28H38N4O2.CH2O2/c1-4-32(22-15-13-21(29-3)14-16-22)26-12-8-11-24-23(26)10-7-5-6-9-20-17-19(2)31-28(34)25(20)18-30-27(24)33;2-1-3/h5,7-8,11-12,17,21-22,29H,4,6,9-10,13-16,18H2,1-3H3,(H,30,33)(H,31,34);1H,(H,2,3)/t21-,22+;. The molecule has 4 N–H and O–H groups in total. The number of aromatic nitrogens is 1. The van der Waals surface area contributed by atoms with Gasteiger partial charge in [-0.2, -0.15) is 0 Å².